The Balaban J connectivity index is 1.88. The van der Waals surface area contributed by atoms with Gasteiger partial charge in [-0.2, -0.15) is 4.68 Å². The first-order valence-electron chi connectivity index (χ1n) is 7.68. The van der Waals surface area contributed by atoms with Gasteiger partial charge >= 0.3 is 5.97 Å². The lowest BCUT2D eigenvalue weighted by atomic mass is 10.0. The van der Waals surface area contributed by atoms with E-state index in [2.05, 4.69) is 27.8 Å². The molecule has 0 bridgehead atoms. The van der Waals surface area contributed by atoms with Gasteiger partial charge in [-0.3, -0.25) is 0 Å². The number of unbranched alkanes of at least 4 members (excludes halogenated alkanes) is 2. The normalized spacial score (nSPS) is 16.9. The number of carbonyl (C=O) groups excluding carboxylic acids is 1. The lowest BCUT2D eigenvalue weighted by Crippen LogP contribution is -2.29. The first-order chi connectivity index (χ1) is 11.2. The number of hydrogen-bond donors (Lipinski definition) is 1. The number of aromatic nitrogens is 4. The summed E-state index contributed by atoms with van der Waals surface area (Å²) in [6, 6.07) is 3.02. The first kappa shape index (κ1) is 15.3. The van der Waals surface area contributed by atoms with E-state index in [9.17, 15) is 4.79 Å². The summed E-state index contributed by atoms with van der Waals surface area (Å²) in [7, 11) is 0. The third kappa shape index (κ3) is 2.96. The zero-order valence-electron chi connectivity index (χ0n) is 13.2. The standard InChI is InChI=1S/C15H19N5O3/c1-3-4-5-8-23-14(21)12-10(2)16-15-17-18-19-20(15)13(12)11-7-6-9-22-11/h6-7,9,13H,3-5,8H2,1-2H3,(H,16,17,19)/t13-/m1/s1. The molecule has 0 aliphatic carbocycles. The van der Waals surface area contributed by atoms with Gasteiger partial charge in [0.25, 0.3) is 0 Å². The van der Waals surface area contributed by atoms with Gasteiger partial charge in [-0.1, -0.05) is 24.9 Å². The van der Waals surface area contributed by atoms with Crippen LogP contribution in [0, 0.1) is 0 Å². The van der Waals surface area contributed by atoms with Crippen LogP contribution in [0.15, 0.2) is 34.1 Å². The highest BCUT2D eigenvalue weighted by Crippen LogP contribution is 2.34. The van der Waals surface area contributed by atoms with E-state index >= 15 is 0 Å². The van der Waals surface area contributed by atoms with Crippen molar-refractivity contribution in [3.05, 3.63) is 35.4 Å². The van der Waals surface area contributed by atoms with Crippen molar-refractivity contribution in [2.24, 2.45) is 0 Å². The summed E-state index contributed by atoms with van der Waals surface area (Å²) in [6.45, 7) is 4.30. The minimum atomic E-state index is -0.532. The van der Waals surface area contributed by atoms with Crippen LogP contribution in [0.4, 0.5) is 5.95 Å². The van der Waals surface area contributed by atoms with Crippen molar-refractivity contribution in [2.45, 2.75) is 39.2 Å². The average Bonchev–Trinajstić information content (AvgIpc) is 3.21. The van der Waals surface area contributed by atoms with Crippen LogP contribution in [0.3, 0.4) is 0 Å². The van der Waals surface area contributed by atoms with Crippen LogP contribution in [-0.4, -0.2) is 32.8 Å². The fourth-order valence-corrected chi connectivity index (χ4v) is 2.58. The molecule has 1 aliphatic rings. The number of esters is 1. The summed E-state index contributed by atoms with van der Waals surface area (Å²) in [5.74, 6) is 0.667. The Morgan fingerprint density at radius 2 is 2.35 bits per heavy atom. The Hall–Kier alpha value is -2.64. The van der Waals surface area contributed by atoms with E-state index in [0.717, 1.165) is 19.3 Å². The van der Waals surface area contributed by atoms with Gasteiger partial charge in [0.15, 0.2) is 0 Å². The molecule has 8 heteroatoms. The minimum Gasteiger partial charge on any atom is -0.467 e. The van der Waals surface area contributed by atoms with Crippen LogP contribution in [0.1, 0.15) is 44.9 Å². The molecule has 0 fully saturated rings. The molecule has 8 nitrogen and oxygen atoms in total. The monoisotopic (exact) mass is 317 g/mol. The van der Waals surface area contributed by atoms with Crippen molar-refractivity contribution < 1.29 is 13.9 Å². The van der Waals surface area contributed by atoms with E-state index in [1.165, 1.54) is 4.68 Å². The summed E-state index contributed by atoms with van der Waals surface area (Å²) in [4.78, 5) is 12.6. The second-order valence-electron chi connectivity index (χ2n) is 5.37. The molecule has 1 N–H and O–H groups in total. The third-order valence-corrected chi connectivity index (χ3v) is 3.73. The highest BCUT2D eigenvalue weighted by Gasteiger charge is 2.36. The van der Waals surface area contributed by atoms with Crippen molar-refractivity contribution in [1.29, 1.82) is 0 Å². The van der Waals surface area contributed by atoms with Crippen molar-refractivity contribution >= 4 is 11.9 Å². The number of fused-ring (bicyclic) bond motifs is 1. The molecular formula is C15H19N5O3. The van der Waals surface area contributed by atoms with Crippen molar-refractivity contribution in [2.75, 3.05) is 11.9 Å². The molecule has 0 amide bonds. The number of nitrogens with one attached hydrogen (secondary N) is 1. The third-order valence-electron chi connectivity index (χ3n) is 3.73. The summed E-state index contributed by atoms with van der Waals surface area (Å²) in [5.41, 5.74) is 1.12. The zero-order valence-corrected chi connectivity index (χ0v) is 13.2. The van der Waals surface area contributed by atoms with E-state index in [1.54, 1.807) is 25.3 Å². The molecule has 1 atom stereocenters. The molecule has 2 aromatic rings. The quantitative estimate of drug-likeness (QED) is 0.645. The smallest absolute Gasteiger partial charge is 0.338 e. The SMILES string of the molecule is CCCCCOC(=O)C1=C(C)Nc2nnnn2[C@@H]1c1ccco1. The number of carbonyl (C=O) groups is 1. The molecular weight excluding hydrogens is 298 g/mol. The lowest BCUT2D eigenvalue weighted by Gasteiger charge is -2.25. The summed E-state index contributed by atoms with van der Waals surface area (Å²) in [5, 5.41) is 14.6. The molecule has 23 heavy (non-hydrogen) atoms. The molecule has 3 heterocycles. The number of anilines is 1. The predicted octanol–water partition coefficient (Wildman–Crippen LogP) is 2.29. The molecule has 0 saturated heterocycles. The molecule has 2 aromatic heterocycles. The molecule has 0 unspecified atom stereocenters. The minimum absolute atomic E-state index is 0.381. The Labute approximate surface area is 133 Å². The van der Waals surface area contributed by atoms with Crippen LogP contribution >= 0.6 is 0 Å². The Morgan fingerprint density at radius 1 is 1.48 bits per heavy atom. The average molecular weight is 317 g/mol. The number of rotatable bonds is 6. The Bertz CT molecular complexity index is 705. The fraction of sp³-hybridized carbons (Fsp3) is 0.467. The largest absolute Gasteiger partial charge is 0.467 e. The van der Waals surface area contributed by atoms with Crippen LogP contribution in [0.5, 0.6) is 0 Å². The van der Waals surface area contributed by atoms with Crippen molar-refractivity contribution in [1.82, 2.24) is 20.2 Å². The van der Waals surface area contributed by atoms with Gasteiger partial charge in [-0.15, -0.1) is 0 Å². The van der Waals surface area contributed by atoms with Gasteiger partial charge in [-0.05, 0) is 35.9 Å². The molecule has 1 aliphatic heterocycles. The molecule has 122 valence electrons. The number of allylic oxidation sites excluding steroid dienone is 1. The van der Waals surface area contributed by atoms with E-state index in [0.29, 0.717) is 29.6 Å². The second kappa shape index (κ2) is 6.64. The number of furan rings is 1. The van der Waals surface area contributed by atoms with Gasteiger partial charge in [0.05, 0.1) is 18.4 Å². The van der Waals surface area contributed by atoms with E-state index in [-0.39, 0.29) is 5.97 Å². The van der Waals surface area contributed by atoms with Gasteiger partial charge in [0.2, 0.25) is 5.95 Å². The maximum Gasteiger partial charge on any atom is 0.338 e. The van der Waals surface area contributed by atoms with Crippen molar-refractivity contribution in [3.63, 3.8) is 0 Å². The highest BCUT2D eigenvalue weighted by molar-refractivity contribution is 5.92. The molecule has 0 aromatic carbocycles. The maximum absolute atomic E-state index is 12.6. The maximum atomic E-state index is 12.6. The summed E-state index contributed by atoms with van der Waals surface area (Å²) >= 11 is 0. The fourth-order valence-electron chi connectivity index (χ4n) is 2.58. The summed E-state index contributed by atoms with van der Waals surface area (Å²) in [6.07, 6.45) is 4.51. The molecule has 0 radical (unpaired) electrons. The first-order valence-corrected chi connectivity index (χ1v) is 7.68. The van der Waals surface area contributed by atoms with Gasteiger partial charge < -0.3 is 14.5 Å². The number of tetrazole rings is 1. The molecule has 0 spiro atoms. The highest BCUT2D eigenvalue weighted by atomic mass is 16.5. The topological polar surface area (TPSA) is 95.1 Å². The van der Waals surface area contributed by atoms with Crippen LogP contribution < -0.4 is 5.32 Å². The van der Waals surface area contributed by atoms with E-state index in [1.807, 2.05) is 0 Å². The van der Waals surface area contributed by atoms with Gasteiger partial charge in [0, 0.05) is 5.70 Å². The van der Waals surface area contributed by atoms with Crippen molar-refractivity contribution in [3.8, 4) is 0 Å². The molecule has 3 rings (SSSR count). The zero-order chi connectivity index (χ0) is 16.2. The number of ether oxygens (including phenoxy) is 1. The van der Waals surface area contributed by atoms with Gasteiger partial charge in [0.1, 0.15) is 11.8 Å². The number of hydrogen-bond acceptors (Lipinski definition) is 7. The van der Waals surface area contributed by atoms with Crippen LogP contribution in [-0.2, 0) is 9.53 Å². The second-order valence-corrected chi connectivity index (χ2v) is 5.37. The van der Waals surface area contributed by atoms with Gasteiger partial charge in [-0.25, -0.2) is 4.79 Å². The Kier molecular flexibility index (Phi) is 4.40. The summed E-state index contributed by atoms with van der Waals surface area (Å²) < 4.78 is 12.4. The predicted molar refractivity (Wildman–Crippen MR) is 81.5 cm³/mol. The Morgan fingerprint density at radius 3 is 3.09 bits per heavy atom. The molecule has 0 saturated carbocycles. The van der Waals surface area contributed by atoms with Crippen LogP contribution in [0.2, 0.25) is 0 Å². The lowest BCUT2D eigenvalue weighted by molar-refractivity contribution is -0.139. The number of nitrogens with zero attached hydrogens (tertiary/aromatic N) is 4. The van der Waals surface area contributed by atoms with E-state index < -0.39 is 6.04 Å². The van der Waals surface area contributed by atoms with E-state index in [4.69, 9.17) is 9.15 Å². The van der Waals surface area contributed by atoms with Crippen LogP contribution in [0.25, 0.3) is 0 Å².